The van der Waals surface area contributed by atoms with Crippen LogP contribution in [0.3, 0.4) is 0 Å². The molecule has 11 heteroatoms. The maximum absolute atomic E-state index is 13.3. The SMILES string of the molecule is C=CC(=O)OCC(CCn1c(=O)c2c(=N)c(C)c(C(O)=c3ccccc3=CO)c(=N)c=2c1=O)COC(=O)C=C. The second-order valence-corrected chi connectivity index (χ2v) is 8.65. The van der Waals surface area contributed by atoms with E-state index in [1.807, 2.05) is 0 Å². The molecular weight excluding hydrogens is 506 g/mol. The highest BCUT2D eigenvalue weighted by molar-refractivity contribution is 5.81. The maximum atomic E-state index is 13.3. The fourth-order valence-corrected chi connectivity index (χ4v) is 4.17. The van der Waals surface area contributed by atoms with Crippen molar-refractivity contribution in [3.63, 3.8) is 0 Å². The van der Waals surface area contributed by atoms with Crippen LogP contribution in [-0.4, -0.2) is 39.9 Å². The quantitative estimate of drug-likeness (QED) is 0.200. The molecule has 0 bridgehead atoms. The molecule has 0 aromatic heterocycles. The maximum Gasteiger partial charge on any atom is 0.330 e. The number of rotatable bonds is 10. The number of nitrogens with one attached hydrogen (secondary N) is 2. The van der Waals surface area contributed by atoms with Gasteiger partial charge < -0.3 is 19.7 Å². The molecule has 1 aliphatic carbocycles. The third-order valence-electron chi connectivity index (χ3n) is 6.28. The molecule has 0 saturated heterocycles. The van der Waals surface area contributed by atoms with Crippen molar-refractivity contribution < 1.29 is 29.3 Å². The molecule has 1 aromatic rings. The topological polar surface area (TPSA) is 180 Å². The third-order valence-corrected chi connectivity index (χ3v) is 6.28. The zero-order chi connectivity index (χ0) is 28.9. The van der Waals surface area contributed by atoms with Gasteiger partial charge in [-0.25, -0.2) is 9.59 Å². The molecule has 0 fully saturated rings. The minimum Gasteiger partial charge on any atom is -0.515 e. The molecule has 0 saturated carbocycles. The Morgan fingerprint density at radius 1 is 1.00 bits per heavy atom. The number of ether oxygens (including phenoxy) is 2. The van der Waals surface area contributed by atoms with E-state index in [4.69, 9.17) is 20.3 Å². The smallest absolute Gasteiger partial charge is 0.330 e. The number of hydrogen-bond donors (Lipinski definition) is 4. The number of nitrogens with zero attached hydrogens (tertiary/aromatic N) is 1. The minimum absolute atomic E-state index is 0.0733. The van der Waals surface area contributed by atoms with Gasteiger partial charge in [0.15, 0.2) is 0 Å². The average Bonchev–Trinajstić information content (AvgIpc) is 3.19. The van der Waals surface area contributed by atoms with Crippen LogP contribution in [0.1, 0.15) is 17.5 Å². The second-order valence-electron chi connectivity index (χ2n) is 8.65. The molecule has 11 nitrogen and oxygen atoms in total. The average molecular weight is 534 g/mol. The summed E-state index contributed by atoms with van der Waals surface area (Å²) < 4.78 is 10.9. The Bertz CT molecular complexity index is 1840. The monoisotopic (exact) mass is 533 g/mol. The summed E-state index contributed by atoms with van der Waals surface area (Å²) in [6, 6.07) is 6.28. The Kier molecular flexibility index (Phi) is 8.77. The minimum atomic E-state index is -0.825. The summed E-state index contributed by atoms with van der Waals surface area (Å²) in [7, 11) is 0. The molecule has 0 atom stereocenters. The van der Waals surface area contributed by atoms with Gasteiger partial charge in [0.2, 0.25) is 0 Å². The number of esters is 2. The van der Waals surface area contributed by atoms with Crippen molar-refractivity contribution in [2.24, 2.45) is 5.92 Å². The number of carbonyl (C=O) groups is 2. The molecule has 4 N–H and O–H groups in total. The summed E-state index contributed by atoms with van der Waals surface area (Å²) in [5.74, 6) is -2.42. The van der Waals surface area contributed by atoms with Crippen molar-refractivity contribution in [2.75, 3.05) is 13.2 Å². The van der Waals surface area contributed by atoms with E-state index in [1.165, 1.54) is 19.1 Å². The summed E-state index contributed by atoms with van der Waals surface area (Å²) >= 11 is 0. The number of aromatic nitrogens is 1. The van der Waals surface area contributed by atoms with Crippen LogP contribution in [0, 0.1) is 34.1 Å². The Morgan fingerprint density at radius 3 is 2.08 bits per heavy atom. The van der Waals surface area contributed by atoms with Gasteiger partial charge in [-0.05, 0) is 18.9 Å². The molecule has 202 valence electrons. The lowest BCUT2D eigenvalue weighted by Crippen LogP contribution is -2.32. The zero-order valence-corrected chi connectivity index (χ0v) is 21.2. The molecule has 1 heterocycles. The van der Waals surface area contributed by atoms with Crippen molar-refractivity contribution >= 4 is 24.0 Å². The molecular formula is C28H27N3O8. The molecule has 39 heavy (non-hydrogen) atoms. The van der Waals surface area contributed by atoms with Gasteiger partial charge in [-0.15, -0.1) is 0 Å². The second kappa shape index (κ2) is 12.0. The lowest BCUT2D eigenvalue weighted by atomic mass is 10.0. The Hall–Kier alpha value is -5.06. The number of hydrogen-bond acceptors (Lipinski definition) is 10. The summed E-state index contributed by atoms with van der Waals surface area (Å²) in [5, 5.41) is 36.9. The first-order valence-electron chi connectivity index (χ1n) is 11.8. The summed E-state index contributed by atoms with van der Waals surface area (Å²) in [4.78, 5) is 49.5. The van der Waals surface area contributed by atoms with Gasteiger partial charge in [0.1, 0.15) is 5.76 Å². The predicted octanol–water partition coefficient (Wildman–Crippen LogP) is -0.449. The Balaban J connectivity index is 2.13. The van der Waals surface area contributed by atoms with Gasteiger partial charge >= 0.3 is 11.9 Å². The van der Waals surface area contributed by atoms with Gasteiger partial charge in [-0.1, -0.05) is 37.4 Å². The van der Waals surface area contributed by atoms with Gasteiger partial charge in [0.05, 0.1) is 40.6 Å². The highest BCUT2D eigenvalue weighted by atomic mass is 16.5. The van der Waals surface area contributed by atoms with Crippen molar-refractivity contribution in [1.82, 2.24) is 4.57 Å². The Morgan fingerprint density at radius 2 is 1.54 bits per heavy atom. The van der Waals surface area contributed by atoms with E-state index < -0.39 is 40.1 Å². The van der Waals surface area contributed by atoms with Gasteiger partial charge in [0, 0.05) is 40.6 Å². The van der Waals surface area contributed by atoms with E-state index >= 15 is 0 Å². The fourth-order valence-electron chi connectivity index (χ4n) is 4.17. The fraction of sp³-hybridized carbons (Fsp3) is 0.214. The highest BCUT2D eigenvalue weighted by Crippen LogP contribution is 2.09. The van der Waals surface area contributed by atoms with Crippen LogP contribution in [0.4, 0.5) is 0 Å². The van der Waals surface area contributed by atoms with Crippen LogP contribution in [0.15, 0.2) is 59.2 Å². The number of benzene rings is 1. The van der Waals surface area contributed by atoms with E-state index in [0.717, 1.165) is 23.0 Å². The summed E-state index contributed by atoms with van der Waals surface area (Å²) in [6.07, 6.45) is 2.78. The molecule has 0 amide bonds. The molecule has 2 aliphatic rings. The molecule has 0 spiro atoms. The van der Waals surface area contributed by atoms with Crippen LogP contribution in [-0.2, 0) is 25.6 Å². The van der Waals surface area contributed by atoms with Crippen LogP contribution >= 0.6 is 0 Å². The normalized spacial score (nSPS) is 12.4. The van der Waals surface area contributed by atoms with Crippen LogP contribution in [0.25, 0.3) is 12.0 Å². The first-order chi connectivity index (χ1) is 18.6. The van der Waals surface area contributed by atoms with Crippen molar-refractivity contribution in [3.05, 3.63) is 113 Å². The summed E-state index contributed by atoms with van der Waals surface area (Å²) in [5.41, 5.74) is -1.61. The van der Waals surface area contributed by atoms with E-state index in [1.54, 1.807) is 12.1 Å². The van der Waals surface area contributed by atoms with E-state index in [-0.39, 0.29) is 63.5 Å². The molecule has 0 unspecified atom stereocenters. The van der Waals surface area contributed by atoms with Crippen molar-refractivity contribution in [1.29, 1.82) is 10.8 Å². The van der Waals surface area contributed by atoms with Crippen molar-refractivity contribution in [3.8, 4) is 0 Å². The van der Waals surface area contributed by atoms with E-state index in [9.17, 15) is 29.4 Å². The van der Waals surface area contributed by atoms with Gasteiger partial charge in [0.25, 0.3) is 11.1 Å². The number of aliphatic hydroxyl groups is 2. The van der Waals surface area contributed by atoms with E-state index in [0.29, 0.717) is 0 Å². The molecule has 1 aromatic carbocycles. The van der Waals surface area contributed by atoms with Crippen LogP contribution in [0.2, 0.25) is 0 Å². The van der Waals surface area contributed by atoms with Crippen LogP contribution in [0.5, 0.6) is 0 Å². The zero-order valence-electron chi connectivity index (χ0n) is 21.2. The predicted molar refractivity (Wildman–Crippen MR) is 139 cm³/mol. The largest absolute Gasteiger partial charge is 0.515 e. The highest BCUT2D eigenvalue weighted by Gasteiger charge is 2.21. The molecule has 1 aliphatic heterocycles. The van der Waals surface area contributed by atoms with E-state index in [2.05, 4.69) is 13.2 Å². The first kappa shape index (κ1) is 28.5. The molecule has 0 radical (unpaired) electrons. The Labute approximate surface area is 220 Å². The first-order valence-corrected chi connectivity index (χ1v) is 11.8. The third kappa shape index (κ3) is 5.61. The number of aliphatic hydroxyl groups excluding tert-OH is 2. The van der Waals surface area contributed by atoms with Crippen molar-refractivity contribution in [2.45, 2.75) is 19.9 Å². The lowest BCUT2D eigenvalue weighted by Gasteiger charge is -2.16. The molecule has 3 rings (SSSR count). The van der Waals surface area contributed by atoms with Gasteiger partial charge in [-0.2, -0.15) is 0 Å². The van der Waals surface area contributed by atoms with Crippen LogP contribution < -0.4 is 32.3 Å². The number of carbonyl (C=O) groups excluding carboxylic acids is 2. The van der Waals surface area contributed by atoms with Gasteiger partial charge in [-0.3, -0.25) is 25.0 Å². The summed E-state index contributed by atoms with van der Waals surface area (Å²) in [6.45, 7) is 7.53. The standard InChI is InChI=1S/C28H27N3O8/c1-4-19(33)38-13-16(14-39-20(34)5-2)10-11-31-27(36)22-23(28(31)37)25(30)21(15(3)24(22)29)26(35)18-9-7-6-8-17(18)12-32/h4-9,12,16,29-30,32,35H,1-2,10-11,13-14H2,3H3. The lowest BCUT2D eigenvalue weighted by molar-refractivity contribution is -0.143.